The molecule has 1 unspecified atom stereocenters. The van der Waals surface area contributed by atoms with E-state index in [9.17, 15) is 0 Å². The molecule has 1 aromatic carbocycles. The van der Waals surface area contributed by atoms with Crippen molar-refractivity contribution in [1.29, 1.82) is 0 Å². The first-order chi connectivity index (χ1) is 10.0. The Bertz CT molecular complexity index is 572. The Labute approximate surface area is 135 Å². The maximum absolute atomic E-state index is 4.52. The van der Waals surface area contributed by atoms with Crippen molar-refractivity contribution in [2.75, 3.05) is 6.54 Å². The van der Waals surface area contributed by atoms with Crippen LogP contribution < -0.4 is 5.32 Å². The van der Waals surface area contributed by atoms with E-state index in [0.29, 0.717) is 6.04 Å². The monoisotopic (exact) mass is 349 g/mol. The third kappa shape index (κ3) is 3.74. The third-order valence-electron chi connectivity index (χ3n) is 3.56. The van der Waals surface area contributed by atoms with Crippen molar-refractivity contribution in [1.82, 2.24) is 15.1 Å². The standard InChI is InChI=1S/C17H24BrN3/c1-5-10-19-16(14-8-6-13(4)7-9-14)17-15(18)11-20-21(17)12(2)3/h6-9,11-12,16,19H,5,10H2,1-4H3. The van der Waals surface area contributed by atoms with Gasteiger partial charge in [0, 0.05) is 6.04 Å². The van der Waals surface area contributed by atoms with E-state index in [1.807, 2.05) is 6.20 Å². The van der Waals surface area contributed by atoms with Gasteiger partial charge in [-0.2, -0.15) is 5.10 Å². The molecule has 0 saturated heterocycles. The molecule has 21 heavy (non-hydrogen) atoms. The average Bonchev–Trinajstić information content (AvgIpc) is 2.83. The van der Waals surface area contributed by atoms with Crippen LogP contribution in [0.3, 0.4) is 0 Å². The lowest BCUT2D eigenvalue weighted by atomic mass is 10.0. The first-order valence-electron chi connectivity index (χ1n) is 7.57. The second kappa shape index (κ2) is 7.23. The van der Waals surface area contributed by atoms with Crippen LogP contribution in [0.15, 0.2) is 34.9 Å². The Morgan fingerprint density at radius 1 is 1.24 bits per heavy atom. The summed E-state index contributed by atoms with van der Waals surface area (Å²) in [4.78, 5) is 0. The van der Waals surface area contributed by atoms with E-state index >= 15 is 0 Å². The molecule has 1 atom stereocenters. The normalized spacial score (nSPS) is 12.9. The number of hydrogen-bond acceptors (Lipinski definition) is 2. The maximum Gasteiger partial charge on any atom is 0.0760 e. The number of halogens is 1. The van der Waals surface area contributed by atoms with E-state index in [0.717, 1.165) is 17.4 Å². The Morgan fingerprint density at radius 2 is 1.90 bits per heavy atom. The van der Waals surface area contributed by atoms with Crippen molar-refractivity contribution in [3.8, 4) is 0 Å². The molecule has 0 aliphatic carbocycles. The zero-order valence-electron chi connectivity index (χ0n) is 13.2. The van der Waals surface area contributed by atoms with Gasteiger partial charge >= 0.3 is 0 Å². The van der Waals surface area contributed by atoms with E-state index in [2.05, 4.69) is 83.0 Å². The number of hydrogen-bond donors (Lipinski definition) is 1. The second-order valence-electron chi connectivity index (χ2n) is 5.71. The highest BCUT2D eigenvalue weighted by Crippen LogP contribution is 2.30. The highest BCUT2D eigenvalue weighted by atomic mass is 79.9. The van der Waals surface area contributed by atoms with Gasteiger partial charge in [0.15, 0.2) is 0 Å². The predicted molar refractivity (Wildman–Crippen MR) is 91.6 cm³/mol. The first kappa shape index (κ1) is 16.2. The molecule has 1 aromatic heterocycles. The molecule has 0 amide bonds. The minimum atomic E-state index is 0.157. The number of rotatable bonds is 6. The van der Waals surface area contributed by atoms with Gasteiger partial charge in [-0.1, -0.05) is 36.8 Å². The number of nitrogens with zero attached hydrogens (tertiary/aromatic N) is 2. The topological polar surface area (TPSA) is 29.9 Å². The number of aromatic nitrogens is 2. The van der Waals surface area contributed by atoms with Crippen molar-refractivity contribution in [3.05, 3.63) is 51.8 Å². The van der Waals surface area contributed by atoms with Crippen LogP contribution in [0.5, 0.6) is 0 Å². The Balaban J connectivity index is 2.45. The third-order valence-corrected chi connectivity index (χ3v) is 4.17. The van der Waals surface area contributed by atoms with Gasteiger partial charge < -0.3 is 5.32 Å². The molecule has 0 bridgehead atoms. The van der Waals surface area contributed by atoms with Crippen LogP contribution in [0.2, 0.25) is 0 Å². The Morgan fingerprint density at radius 3 is 2.48 bits per heavy atom. The van der Waals surface area contributed by atoms with Crippen molar-refractivity contribution >= 4 is 15.9 Å². The van der Waals surface area contributed by atoms with E-state index in [1.165, 1.54) is 16.8 Å². The molecule has 4 heteroatoms. The molecule has 1 heterocycles. The van der Waals surface area contributed by atoms with Crippen LogP contribution in [0, 0.1) is 6.92 Å². The summed E-state index contributed by atoms with van der Waals surface area (Å²) in [7, 11) is 0. The summed E-state index contributed by atoms with van der Waals surface area (Å²) in [6.07, 6.45) is 3.00. The Kier molecular flexibility index (Phi) is 5.59. The fraction of sp³-hybridized carbons (Fsp3) is 0.471. The van der Waals surface area contributed by atoms with Gasteiger partial charge in [0.05, 0.1) is 22.4 Å². The van der Waals surface area contributed by atoms with Crippen LogP contribution in [-0.2, 0) is 0 Å². The second-order valence-corrected chi connectivity index (χ2v) is 6.57. The van der Waals surface area contributed by atoms with E-state index < -0.39 is 0 Å². The quantitative estimate of drug-likeness (QED) is 0.824. The van der Waals surface area contributed by atoms with Gasteiger partial charge in [-0.3, -0.25) is 4.68 Å². The SMILES string of the molecule is CCCNC(c1ccc(C)cc1)c1c(Br)cnn1C(C)C. The van der Waals surface area contributed by atoms with Crippen LogP contribution >= 0.6 is 15.9 Å². The molecule has 0 radical (unpaired) electrons. The van der Waals surface area contributed by atoms with Crippen LogP contribution in [-0.4, -0.2) is 16.3 Å². The smallest absolute Gasteiger partial charge is 0.0760 e. The minimum absolute atomic E-state index is 0.157. The first-order valence-corrected chi connectivity index (χ1v) is 8.36. The summed E-state index contributed by atoms with van der Waals surface area (Å²) >= 11 is 3.67. The molecule has 2 aromatic rings. The lowest BCUT2D eigenvalue weighted by Crippen LogP contribution is -2.26. The Hall–Kier alpha value is -1.13. The molecule has 1 N–H and O–H groups in total. The summed E-state index contributed by atoms with van der Waals surface area (Å²) in [5.74, 6) is 0. The van der Waals surface area contributed by atoms with Gasteiger partial charge in [-0.05, 0) is 55.2 Å². The lowest BCUT2D eigenvalue weighted by Gasteiger charge is -2.23. The molecular formula is C17H24BrN3. The average molecular weight is 350 g/mol. The summed E-state index contributed by atoms with van der Waals surface area (Å²) in [6.45, 7) is 9.61. The van der Waals surface area contributed by atoms with Crippen LogP contribution in [0.4, 0.5) is 0 Å². The molecule has 0 saturated carbocycles. The summed E-state index contributed by atoms with van der Waals surface area (Å²) in [6, 6.07) is 9.23. The zero-order valence-corrected chi connectivity index (χ0v) is 14.8. The van der Waals surface area contributed by atoms with Gasteiger partial charge in [-0.25, -0.2) is 0 Å². The number of aryl methyl sites for hydroxylation is 1. The highest BCUT2D eigenvalue weighted by Gasteiger charge is 2.22. The van der Waals surface area contributed by atoms with Crippen molar-refractivity contribution in [2.45, 2.75) is 46.2 Å². The fourth-order valence-corrected chi connectivity index (χ4v) is 2.95. The molecule has 0 spiro atoms. The number of nitrogens with one attached hydrogen (secondary N) is 1. The molecule has 0 fully saturated rings. The molecular weight excluding hydrogens is 326 g/mol. The summed E-state index contributed by atoms with van der Waals surface area (Å²) < 4.78 is 3.16. The molecule has 3 nitrogen and oxygen atoms in total. The largest absolute Gasteiger partial charge is 0.305 e. The molecule has 114 valence electrons. The van der Waals surface area contributed by atoms with Crippen LogP contribution in [0.25, 0.3) is 0 Å². The lowest BCUT2D eigenvalue weighted by molar-refractivity contribution is 0.470. The van der Waals surface area contributed by atoms with E-state index in [1.54, 1.807) is 0 Å². The van der Waals surface area contributed by atoms with Gasteiger partial charge in [0.25, 0.3) is 0 Å². The molecule has 0 aliphatic heterocycles. The summed E-state index contributed by atoms with van der Waals surface area (Å²) in [5, 5.41) is 8.17. The number of benzene rings is 1. The molecule has 2 rings (SSSR count). The van der Waals surface area contributed by atoms with Gasteiger partial charge in [0.2, 0.25) is 0 Å². The van der Waals surface area contributed by atoms with Crippen molar-refractivity contribution in [3.63, 3.8) is 0 Å². The highest BCUT2D eigenvalue weighted by molar-refractivity contribution is 9.10. The summed E-state index contributed by atoms with van der Waals surface area (Å²) in [5.41, 5.74) is 3.75. The van der Waals surface area contributed by atoms with Gasteiger partial charge in [-0.15, -0.1) is 0 Å². The van der Waals surface area contributed by atoms with E-state index in [-0.39, 0.29) is 6.04 Å². The zero-order chi connectivity index (χ0) is 15.4. The maximum atomic E-state index is 4.52. The fourth-order valence-electron chi connectivity index (χ4n) is 2.45. The molecule has 0 aliphatic rings. The van der Waals surface area contributed by atoms with Gasteiger partial charge in [0.1, 0.15) is 0 Å². The van der Waals surface area contributed by atoms with E-state index in [4.69, 9.17) is 0 Å². The van der Waals surface area contributed by atoms with Crippen LogP contribution in [0.1, 0.15) is 56.1 Å². The minimum Gasteiger partial charge on any atom is -0.305 e. The van der Waals surface area contributed by atoms with Crippen molar-refractivity contribution < 1.29 is 0 Å². The van der Waals surface area contributed by atoms with Crippen molar-refractivity contribution in [2.24, 2.45) is 0 Å². The predicted octanol–water partition coefficient (Wildman–Crippen LogP) is 4.62.